The van der Waals surface area contributed by atoms with E-state index in [1.54, 1.807) is 0 Å². The third-order valence-corrected chi connectivity index (χ3v) is 3.06. The fourth-order valence-corrected chi connectivity index (χ4v) is 2.29. The molecule has 94 valence electrons. The Morgan fingerprint density at radius 2 is 1.59 bits per heavy atom. The Kier molecular flexibility index (Phi) is 8.34. The Balaban J connectivity index is 0.000000581. The minimum Gasteiger partial charge on any atom is -0.264 e. The molecule has 0 aliphatic rings. The molecular weight excluding hydrogens is 226 g/mol. The lowest BCUT2D eigenvalue weighted by Crippen LogP contribution is -1.80. The van der Waals surface area contributed by atoms with Gasteiger partial charge in [-0.05, 0) is 43.2 Å². The van der Waals surface area contributed by atoms with Crippen LogP contribution in [0.4, 0.5) is 0 Å². The zero-order valence-corrected chi connectivity index (χ0v) is 12.6. The van der Waals surface area contributed by atoms with Crippen LogP contribution in [-0.2, 0) is 0 Å². The first-order valence-corrected chi connectivity index (χ1v) is 7.06. The van der Waals surface area contributed by atoms with Crippen LogP contribution >= 0.6 is 11.3 Å². The van der Waals surface area contributed by atoms with Crippen LogP contribution in [0, 0.1) is 13.8 Å². The van der Waals surface area contributed by atoms with Crippen LogP contribution in [0.3, 0.4) is 0 Å². The van der Waals surface area contributed by atoms with Gasteiger partial charge >= 0.3 is 0 Å². The zero-order valence-electron chi connectivity index (χ0n) is 11.7. The molecule has 0 amide bonds. The minimum atomic E-state index is 1.24. The Labute approximate surface area is 110 Å². The topological polar surface area (TPSA) is 12.9 Å². The van der Waals surface area contributed by atoms with Crippen molar-refractivity contribution in [2.75, 3.05) is 0 Å². The quantitative estimate of drug-likeness (QED) is 0.652. The molecule has 0 aliphatic heterocycles. The van der Waals surface area contributed by atoms with Crippen molar-refractivity contribution < 1.29 is 0 Å². The molecular formula is C15H23NS. The fourth-order valence-electron chi connectivity index (χ4n) is 1.33. The van der Waals surface area contributed by atoms with Crippen molar-refractivity contribution in [2.24, 2.45) is 0 Å². The number of hydrogen-bond donors (Lipinski definition) is 0. The first-order valence-electron chi connectivity index (χ1n) is 6.25. The molecule has 0 spiro atoms. The van der Waals surface area contributed by atoms with Crippen LogP contribution in [-0.4, -0.2) is 4.98 Å². The Morgan fingerprint density at radius 1 is 0.941 bits per heavy atom. The predicted octanol–water partition coefficient (Wildman–Crippen LogP) is 5.48. The molecule has 0 N–H and O–H groups in total. The summed E-state index contributed by atoms with van der Waals surface area (Å²) < 4.78 is 0. The van der Waals surface area contributed by atoms with Crippen LogP contribution in [0.1, 0.15) is 38.1 Å². The van der Waals surface area contributed by atoms with E-state index in [2.05, 4.69) is 37.0 Å². The molecule has 1 nitrogen and oxygen atoms in total. The van der Waals surface area contributed by atoms with Gasteiger partial charge in [0.05, 0.1) is 0 Å². The van der Waals surface area contributed by atoms with Gasteiger partial charge < -0.3 is 0 Å². The number of hydrogen-bond acceptors (Lipinski definition) is 2. The fraction of sp³-hybridized carbons (Fsp3) is 0.400. The predicted molar refractivity (Wildman–Crippen MR) is 79.7 cm³/mol. The summed E-state index contributed by atoms with van der Waals surface area (Å²) in [6, 6.07) is 6.39. The van der Waals surface area contributed by atoms with Crippen molar-refractivity contribution in [1.29, 1.82) is 0 Å². The minimum absolute atomic E-state index is 1.24. The summed E-state index contributed by atoms with van der Waals surface area (Å²) in [6.45, 7) is 12.2. The second-order valence-electron chi connectivity index (χ2n) is 3.10. The lowest BCUT2D eigenvalue weighted by Gasteiger charge is -2.00. The first-order chi connectivity index (χ1) is 8.27. The third kappa shape index (κ3) is 4.70. The molecule has 0 saturated heterocycles. The smallest absolute Gasteiger partial charge is 0.0349 e. The van der Waals surface area contributed by atoms with Crippen LogP contribution in [0.15, 0.2) is 30.6 Å². The first kappa shape index (κ1) is 15.9. The summed E-state index contributed by atoms with van der Waals surface area (Å²) in [5.41, 5.74) is 2.54. The van der Waals surface area contributed by atoms with Crippen molar-refractivity contribution in [3.8, 4) is 10.4 Å². The largest absolute Gasteiger partial charge is 0.264 e. The van der Waals surface area contributed by atoms with Crippen LogP contribution in [0.25, 0.3) is 10.4 Å². The van der Waals surface area contributed by atoms with Gasteiger partial charge in [-0.2, -0.15) is 0 Å². The molecule has 2 rings (SSSR count). The van der Waals surface area contributed by atoms with Gasteiger partial charge in [-0.25, -0.2) is 0 Å². The highest BCUT2D eigenvalue weighted by molar-refractivity contribution is 7.15. The van der Waals surface area contributed by atoms with Gasteiger partial charge in [-0.15, -0.1) is 11.3 Å². The molecule has 0 atom stereocenters. The molecule has 2 aromatic rings. The van der Waals surface area contributed by atoms with E-state index in [9.17, 15) is 0 Å². The van der Waals surface area contributed by atoms with Crippen LogP contribution in [0.5, 0.6) is 0 Å². The molecule has 0 fully saturated rings. The number of rotatable bonds is 1. The summed E-state index contributed by atoms with van der Waals surface area (Å²) in [5.74, 6) is 0. The van der Waals surface area contributed by atoms with E-state index in [4.69, 9.17) is 0 Å². The van der Waals surface area contributed by atoms with E-state index in [0.717, 1.165) is 0 Å². The molecule has 0 unspecified atom stereocenters. The highest BCUT2D eigenvalue weighted by atomic mass is 32.1. The highest BCUT2D eigenvalue weighted by Gasteiger charge is 2.02. The van der Waals surface area contributed by atoms with Gasteiger partial charge in [-0.1, -0.05) is 27.7 Å². The second kappa shape index (κ2) is 8.94. The summed E-state index contributed by atoms with van der Waals surface area (Å²) >= 11 is 1.83. The summed E-state index contributed by atoms with van der Waals surface area (Å²) in [5, 5.41) is 0. The molecule has 2 heterocycles. The standard InChI is InChI=1S/C11H11NS.2C2H6/c1-8-7-12-6-5-10(8)11-4-3-9(2)13-11;2*1-2/h3-7H,1-2H3;2*1-2H3. The van der Waals surface area contributed by atoms with Crippen LogP contribution < -0.4 is 0 Å². The summed E-state index contributed by atoms with van der Waals surface area (Å²) in [7, 11) is 0. The third-order valence-electron chi connectivity index (χ3n) is 2.03. The maximum Gasteiger partial charge on any atom is 0.0349 e. The van der Waals surface area contributed by atoms with E-state index in [1.165, 1.54) is 20.9 Å². The Morgan fingerprint density at radius 3 is 2.06 bits per heavy atom. The van der Waals surface area contributed by atoms with E-state index < -0.39 is 0 Å². The van der Waals surface area contributed by atoms with Crippen LogP contribution in [0.2, 0.25) is 0 Å². The van der Waals surface area contributed by atoms with Gasteiger partial charge in [-0.3, -0.25) is 4.98 Å². The van der Waals surface area contributed by atoms with Crippen molar-refractivity contribution in [1.82, 2.24) is 4.98 Å². The lowest BCUT2D eigenvalue weighted by atomic mass is 10.1. The normalized spacial score (nSPS) is 8.59. The zero-order chi connectivity index (χ0) is 13.3. The summed E-state index contributed by atoms with van der Waals surface area (Å²) in [6.07, 6.45) is 3.75. The van der Waals surface area contributed by atoms with Gasteiger partial charge in [0, 0.05) is 22.1 Å². The van der Waals surface area contributed by atoms with Crippen molar-refractivity contribution >= 4 is 11.3 Å². The average molecular weight is 249 g/mol. The molecule has 0 aliphatic carbocycles. The van der Waals surface area contributed by atoms with Gasteiger partial charge in [0.2, 0.25) is 0 Å². The lowest BCUT2D eigenvalue weighted by molar-refractivity contribution is 1.27. The van der Waals surface area contributed by atoms with E-state index >= 15 is 0 Å². The Bertz CT molecular complexity index is 418. The number of aromatic nitrogens is 1. The van der Waals surface area contributed by atoms with Gasteiger partial charge in [0.15, 0.2) is 0 Å². The number of pyridine rings is 1. The molecule has 0 bridgehead atoms. The van der Waals surface area contributed by atoms with Crippen molar-refractivity contribution in [3.63, 3.8) is 0 Å². The molecule has 0 saturated carbocycles. The molecule has 2 heteroatoms. The second-order valence-corrected chi connectivity index (χ2v) is 4.39. The molecule has 0 aromatic carbocycles. The van der Waals surface area contributed by atoms with Gasteiger partial charge in [0.25, 0.3) is 0 Å². The van der Waals surface area contributed by atoms with Crippen molar-refractivity contribution in [3.05, 3.63) is 41.0 Å². The van der Waals surface area contributed by atoms with E-state index in [0.29, 0.717) is 0 Å². The maximum atomic E-state index is 4.08. The number of aryl methyl sites for hydroxylation is 2. The Hall–Kier alpha value is -1.15. The SMILES string of the molecule is CC.CC.Cc1ccc(-c2ccncc2C)s1. The monoisotopic (exact) mass is 249 g/mol. The molecule has 2 aromatic heterocycles. The highest BCUT2D eigenvalue weighted by Crippen LogP contribution is 2.29. The molecule has 17 heavy (non-hydrogen) atoms. The average Bonchev–Trinajstić information content (AvgIpc) is 2.81. The van der Waals surface area contributed by atoms with E-state index in [-0.39, 0.29) is 0 Å². The van der Waals surface area contributed by atoms with Crippen molar-refractivity contribution in [2.45, 2.75) is 41.5 Å². The molecule has 0 radical (unpaired) electrons. The maximum absolute atomic E-state index is 4.08. The van der Waals surface area contributed by atoms with Gasteiger partial charge in [0.1, 0.15) is 0 Å². The number of thiophene rings is 1. The van der Waals surface area contributed by atoms with E-state index in [1.807, 2.05) is 51.4 Å². The number of nitrogens with zero attached hydrogens (tertiary/aromatic N) is 1. The summed E-state index contributed by atoms with van der Waals surface area (Å²) in [4.78, 5) is 6.77.